The predicted octanol–water partition coefficient (Wildman–Crippen LogP) is 4.56. The number of allylic oxidation sites excluding steroid dienone is 1. The van der Waals surface area contributed by atoms with E-state index in [1.807, 2.05) is 52.9 Å². The molecule has 0 spiro atoms. The van der Waals surface area contributed by atoms with Crippen molar-refractivity contribution in [1.29, 1.82) is 0 Å². The monoisotopic (exact) mass is 501 g/mol. The number of nitrogens with zero attached hydrogens (tertiary/aromatic N) is 6. The summed E-state index contributed by atoms with van der Waals surface area (Å²) >= 11 is 0. The molecule has 37 heavy (non-hydrogen) atoms. The minimum Gasteiger partial charge on any atom is -0.480 e. The molecule has 1 N–H and O–H groups in total. The van der Waals surface area contributed by atoms with Crippen LogP contribution in [0.3, 0.4) is 0 Å². The molecular formula is C28H35N7O2. The van der Waals surface area contributed by atoms with Gasteiger partial charge < -0.3 is 10.1 Å². The molecule has 1 amide bonds. The summed E-state index contributed by atoms with van der Waals surface area (Å²) in [6.45, 7) is 14.6. The third kappa shape index (κ3) is 5.60. The lowest BCUT2D eigenvalue weighted by Crippen LogP contribution is -2.53. The minimum atomic E-state index is -0.239. The normalized spacial score (nSPS) is 17.5. The van der Waals surface area contributed by atoms with Gasteiger partial charge >= 0.3 is 0 Å². The second-order valence-electron chi connectivity index (χ2n) is 9.72. The van der Waals surface area contributed by atoms with Crippen molar-refractivity contribution in [2.75, 3.05) is 7.11 Å². The van der Waals surface area contributed by atoms with Crippen LogP contribution in [0.25, 0.3) is 5.70 Å². The molecule has 194 valence electrons. The van der Waals surface area contributed by atoms with Crippen LogP contribution in [0, 0.1) is 6.92 Å². The molecule has 1 fully saturated rings. The first-order valence-electron chi connectivity index (χ1n) is 12.7. The number of aryl methyl sites for hydroxylation is 1. The van der Waals surface area contributed by atoms with E-state index in [4.69, 9.17) is 14.7 Å². The molecule has 2 aliphatic rings. The SMILES string of the molecule is C=C(/N=C1\C(=C(C)C)N=C(NCc2ccc(C)cn2)C(=O)N1[C@@H](C)CC)c1c(OC)ncnc1C1CC1. The number of ether oxygens (including phenoxy) is 1. The summed E-state index contributed by atoms with van der Waals surface area (Å²) < 4.78 is 5.55. The summed E-state index contributed by atoms with van der Waals surface area (Å²) in [5.41, 5.74) is 5.48. The van der Waals surface area contributed by atoms with Crippen LogP contribution in [0.1, 0.15) is 75.4 Å². The average molecular weight is 502 g/mol. The number of amidine groups is 2. The van der Waals surface area contributed by atoms with Crippen LogP contribution >= 0.6 is 0 Å². The Balaban J connectivity index is 1.75. The van der Waals surface area contributed by atoms with E-state index in [0.29, 0.717) is 41.1 Å². The minimum absolute atomic E-state index is 0.116. The molecule has 9 heteroatoms. The van der Waals surface area contributed by atoms with Crippen molar-refractivity contribution in [3.05, 3.63) is 65.0 Å². The Morgan fingerprint density at radius 3 is 2.62 bits per heavy atom. The molecule has 1 atom stereocenters. The molecule has 3 heterocycles. The molecule has 9 nitrogen and oxygen atoms in total. The molecule has 0 bridgehead atoms. The number of hydrogen-bond acceptors (Lipinski definition) is 8. The van der Waals surface area contributed by atoms with Crippen LogP contribution in [0.4, 0.5) is 0 Å². The Labute approximate surface area is 218 Å². The maximum Gasteiger partial charge on any atom is 0.295 e. The number of rotatable bonds is 8. The van der Waals surface area contributed by atoms with E-state index in [2.05, 4.69) is 26.8 Å². The third-order valence-corrected chi connectivity index (χ3v) is 6.53. The highest BCUT2D eigenvalue weighted by Crippen LogP contribution is 2.44. The van der Waals surface area contributed by atoms with Crippen LogP contribution in [-0.2, 0) is 11.3 Å². The number of amides is 1. The first kappa shape index (κ1) is 26.2. The number of methoxy groups -OCH3 is 1. The molecule has 0 unspecified atom stereocenters. The smallest absolute Gasteiger partial charge is 0.295 e. The summed E-state index contributed by atoms with van der Waals surface area (Å²) in [4.78, 5) is 38.3. The first-order chi connectivity index (χ1) is 17.7. The van der Waals surface area contributed by atoms with Gasteiger partial charge in [-0.1, -0.05) is 19.6 Å². The molecular weight excluding hydrogens is 466 g/mol. The zero-order chi connectivity index (χ0) is 26.7. The van der Waals surface area contributed by atoms with Crippen molar-refractivity contribution in [2.45, 2.75) is 72.4 Å². The number of carbonyl (C=O) groups is 1. The lowest BCUT2D eigenvalue weighted by atomic mass is 10.1. The largest absolute Gasteiger partial charge is 0.480 e. The highest BCUT2D eigenvalue weighted by Gasteiger charge is 2.36. The second-order valence-corrected chi connectivity index (χ2v) is 9.72. The van der Waals surface area contributed by atoms with Gasteiger partial charge in [0.2, 0.25) is 5.88 Å². The fraction of sp³-hybridized carbons (Fsp3) is 0.429. The lowest BCUT2D eigenvalue weighted by Gasteiger charge is -2.34. The Morgan fingerprint density at radius 1 is 1.27 bits per heavy atom. The van der Waals surface area contributed by atoms with Crippen LogP contribution in [0.15, 0.2) is 52.5 Å². The fourth-order valence-electron chi connectivity index (χ4n) is 4.12. The number of pyridine rings is 1. The van der Waals surface area contributed by atoms with Gasteiger partial charge in [0, 0.05) is 18.2 Å². The van der Waals surface area contributed by atoms with Crippen molar-refractivity contribution < 1.29 is 9.53 Å². The Hall–Kier alpha value is -3.88. The maximum atomic E-state index is 13.7. The zero-order valence-electron chi connectivity index (χ0n) is 22.5. The number of hydrogen-bond donors (Lipinski definition) is 1. The van der Waals surface area contributed by atoms with Crippen molar-refractivity contribution >= 4 is 23.3 Å². The van der Waals surface area contributed by atoms with Crippen LogP contribution in [0.5, 0.6) is 5.88 Å². The van der Waals surface area contributed by atoms with Gasteiger partial charge in [0.1, 0.15) is 12.0 Å². The fourth-order valence-corrected chi connectivity index (χ4v) is 4.12. The van der Waals surface area contributed by atoms with Gasteiger partial charge in [-0.2, -0.15) is 0 Å². The van der Waals surface area contributed by atoms with Crippen LogP contribution in [0.2, 0.25) is 0 Å². The molecule has 0 radical (unpaired) electrons. The van der Waals surface area contributed by atoms with E-state index in [1.165, 1.54) is 6.33 Å². The molecule has 1 aliphatic heterocycles. The van der Waals surface area contributed by atoms with E-state index < -0.39 is 0 Å². The van der Waals surface area contributed by atoms with Crippen molar-refractivity contribution in [1.82, 2.24) is 25.2 Å². The predicted molar refractivity (Wildman–Crippen MR) is 145 cm³/mol. The van der Waals surface area contributed by atoms with Gasteiger partial charge in [0.05, 0.1) is 36.3 Å². The van der Waals surface area contributed by atoms with E-state index in [-0.39, 0.29) is 17.8 Å². The summed E-state index contributed by atoms with van der Waals surface area (Å²) in [5, 5.41) is 3.20. The van der Waals surface area contributed by atoms with Gasteiger partial charge in [0.15, 0.2) is 11.7 Å². The third-order valence-electron chi connectivity index (χ3n) is 6.53. The van der Waals surface area contributed by atoms with Crippen molar-refractivity contribution in [3.8, 4) is 5.88 Å². The molecule has 4 rings (SSSR count). The first-order valence-corrected chi connectivity index (χ1v) is 12.7. The zero-order valence-corrected chi connectivity index (χ0v) is 22.5. The quantitative estimate of drug-likeness (QED) is 0.569. The molecule has 2 aromatic rings. The molecule has 2 aromatic heterocycles. The summed E-state index contributed by atoms with van der Waals surface area (Å²) in [5.74, 6) is 1.27. The van der Waals surface area contributed by atoms with E-state index in [1.54, 1.807) is 12.0 Å². The van der Waals surface area contributed by atoms with Gasteiger partial charge in [0.25, 0.3) is 5.91 Å². The standard InChI is InChI=1S/C28H35N7O2/c1-8-18(5)35-26(33-19(6)22-24(20-10-11-20)31-15-32-27(22)37-7)23(16(2)3)34-25(28(35)36)30-14-21-12-9-17(4)13-29-21/h9,12-13,15,18,20H,6,8,10-11,14H2,1-5,7H3,(H,30,34)/b33-26+/t18-/m0/s1. The molecule has 1 aliphatic carbocycles. The van der Waals surface area contributed by atoms with Crippen LogP contribution in [-0.4, -0.2) is 50.6 Å². The van der Waals surface area contributed by atoms with Gasteiger partial charge in [-0.05, 0) is 64.2 Å². The lowest BCUT2D eigenvalue weighted by molar-refractivity contribution is -0.122. The van der Waals surface area contributed by atoms with Gasteiger partial charge in [-0.25, -0.2) is 20.0 Å². The van der Waals surface area contributed by atoms with Crippen molar-refractivity contribution in [2.24, 2.45) is 9.98 Å². The Kier molecular flexibility index (Phi) is 7.80. The summed E-state index contributed by atoms with van der Waals surface area (Å²) in [6.07, 6.45) is 6.18. The van der Waals surface area contributed by atoms with E-state index in [9.17, 15) is 4.79 Å². The van der Waals surface area contributed by atoms with Gasteiger partial charge in [-0.15, -0.1) is 0 Å². The van der Waals surface area contributed by atoms with E-state index in [0.717, 1.165) is 41.8 Å². The number of nitrogens with one attached hydrogen (secondary N) is 1. The van der Waals surface area contributed by atoms with Crippen molar-refractivity contribution in [3.63, 3.8) is 0 Å². The molecule has 0 saturated heterocycles. The summed E-state index contributed by atoms with van der Waals surface area (Å²) in [7, 11) is 1.57. The van der Waals surface area contributed by atoms with E-state index >= 15 is 0 Å². The van der Waals surface area contributed by atoms with Crippen LogP contribution < -0.4 is 10.1 Å². The number of aliphatic imine (C=N–C) groups is 2. The topological polar surface area (TPSA) is 105 Å². The maximum absolute atomic E-state index is 13.7. The molecule has 0 aromatic carbocycles. The number of carbonyl (C=O) groups excluding carboxylic acids is 1. The second kappa shape index (κ2) is 11.0. The number of aromatic nitrogens is 3. The summed E-state index contributed by atoms with van der Waals surface area (Å²) in [6, 6.07) is 3.82. The highest BCUT2D eigenvalue weighted by atomic mass is 16.5. The Morgan fingerprint density at radius 2 is 2.03 bits per heavy atom. The Bertz CT molecular complexity index is 1290. The molecule has 1 saturated carbocycles. The highest BCUT2D eigenvalue weighted by molar-refractivity contribution is 6.44. The van der Waals surface area contributed by atoms with Gasteiger partial charge in [-0.3, -0.25) is 14.7 Å². The average Bonchev–Trinajstić information content (AvgIpc) is 3.73.